The second-order valence-corrected chi connectivity index (χ2v) is 15.4. The Morgan fingerprint density at radius 2 is 0.667 bits per heavy atom. The van der Waals surface area contributed by atoms with Gasteiger partial charge in [-0.15, -0.1) is 0 Å². The minimum absolute atomic E-state index is 0.193. The molecule has 9 heteroatoms. The van der Waals surface area contributed by atoms with E-state index in [1.54, 1.807) is 60.7 Å². The Morgan fingerprint density at radius 1 is 0.312 bits per heavy atom. The van der Waals surface area contributed by atoms with Gasteiger partial charge in [0, 0.05) is 38.9 Å². The van der Waals surface area contributed by atoms with Crippen molar-refractivity contribution in [2.75, 3.05) is 0 Å². The molecule has 0 radical (unpaired) electrons. The van der Waals surface area contributed by atoms with E-state index in [1.807, 2.05) is 78.9 Å². The molecule has 48 heavy (non-hydrogen) atoms. The van der Waals surface area contributed by atoms with Crippen LogP contribution in [-0.4, -0.2) is 31.8 Å². The number of aromatic nitrogens is 3. The van der Waals surface area contributed by atoms with Gasteiger partial charge >= 0.3 is 0 Å². The molecule has 0 unspecified atom stereocenters. The molecule has 6 aromatic carbocycles. The van der Waals surface area contributed by atoms with Crippen LogP contribution in [0.3, 0.4) is 0 Å². The van der Waals surface area contributed by atoms with Crippen LogP contribution >= 0.6 is 0 Å². The van der Waals surface area contributed by atoms with Crippen molar-refractivity contribution < 1.29 is 16.8 Å². The highest BCUT2D eigenvalue weighted by atomic mass is 32.2. The molecule has 0 aliphatic carbocycles. The van der Waals surface area contributed by atoms with Gasteiger partial charge in [0.1, 0.15) is 0 Å². The summed E-state index contributed by atoms with van der Waals surface area (Å²) in [6.07, 6.45) is 0. The van der Waals surface area contributed by atoms with Gasteiger partial charge in [0.2, 0.25) is 19.7 Å². The van der Waals surface area contributed by atoms with Crippen molar-refractivity contribution in [1.82, 2.24) is 15.0 Å². The maximum absolute atomic E-state index is 13.5. The van der Waals surface area contributed by atoms with Gasteiger partial charge in [-0.25, -0.2) is 31.8 Å². The quantitative estimate of drug-likeness (QED) is 0.187. The highest BCUT2D eigenvalue weighted by molar-refractivity contribution is 7.92. The van der Waals surface area contributed by atoms with E-state index in [0.29, 0.717) is 39.2 Å². The van der Waals surface area contributed by atoms with Crippen LogP contribution in [0.2, 0.25) is 0 Å². The van der Waals surface area contributed by atoms with Gasteiger partial charge in [-0.3, -0.25) is 0 Å². The van der Waals surface area contributed by atoms with E-state index in [2.05, 4.69) is 0 Å². The Hall–Kier alpha value is -5.77. The summed E-state index contributed by atoms with van der Waals surface area (Å²) >= 11 is 0. The molecule has 0 N–H and O–H groups in total. The second kappa shape index (κ2) is 10.4. The monoisotopic (exact) mass is 661 g/mol. The van der Waals surface area contributed by atoms with Crippen LogP contribution in [0.1, 0.15) is 0 Å². The van der Waals surface area contributed by atoms with Gasteiger partial charge in [0.05, 0.1) is 19.6 Å². The number of fused-ring (bicyclic) bond motifs is 6. The third-order valence-corrected chi connectivity index (χ3v) is 12.6. The normalized spacial score (nSPS) is 14.5. The fourth-order valence-corrected chi connectivity index (χ4v) is 9.93. The minimum Gasteiger partial charge on any atom is -0.218 e. The third kappa shape index (κ3) is 4.28. The molecule has 230 valence electrons. The average molecular weight is 662 g/mol. The van der Waals surface area contributed by atoms with Crippen molar-refractivity contribution in [1.29, 1.82) is 0 Å². The molecule has 1 aromatic heterocycles. The van der Waals surface area contributed by atoms with E-state index >= 15 is 0 Å². The minimum atomic E-state index is -3.73. The summed E-state index contributed by atoms with van der Waals surface area (Å²) in [6.45, 7) is 0. The fraction of sp³-hybridized carbons (Fsp3) is 0. The van der Waals surface area contributed by atoms with Gasteiger partial charge in [0.15, 0.2) is 17.5 Å². The van der Waals surface area contributed by atoms with E-state index in [1.165, 1.54) is 0 Å². The highest BCUT2D eigenvalue weighted by Gasteiger charge is 2.34. The lowest BCUT2D eigenvalue weighted by molar-refractivity contribution is 0.597. The predicted octanol–water partition coefficient (Wildman–Crippen LogP) is 8.17. The summed E-state index contributed by atoms with van der Waals surface area (Å²) in [7, 11) is -7.47. The van der Waals surface area contributed by atoms with Gasteiger partial charge in [-0.05, 0) is 35.4 Å². The van der Waals surface area contributed by atoms with Crippen LogP contribution in [0.4, 0.5) is 0 Å². The molecule has 0 saturated carbocycles. The van der Waals surface area contributed by atoms with Crippen molar-refractivity contribution in [3.63, 3.8) is 0 Å². The first-order valence-corrected chi connectivity index (χ1v) is 18.2. The zero-order valence-corrected chi connectivity index (χ0v) is 26.7. The lowest BCUT2D eigenvalue weighted by atomic mass is 10.0. The molecule has 2 aliphatic rings. The molecule has 0 atom stereocenters. The highest BCUT2D eigenvalue weighted by Crippen LogP contribution is 2.46. The third-order valence-electron chi connectivity index (χ3n) is 8.88. The summed E-state index contributed by atoms with van der Waals surface area (Å²) < 4.78 is 54.1. The maximum Gasteiger partial charge on any atom is 0.207 e. The zero-order chi connectivity index (χ0) is 32.6. The molecule has 3 heterocycles. The van der Waals surface area contributed by atoms with Crippen LogP contribution < -0.4 is 0 Å². The SMILES string of the molecule is O=S1(=O)c2ccccc2-c2ccc(-c3nc(-c4ccc(-c5ccccc5)cc4)nc(-c4ccc5c(c4)S(=O)(=O)c4ccccc4-5)n3)cc21. The number of hydrogen-bond donors (Lipinski definition) is 0. The topological polar surface area (TPSA) is 107 Å². The molecule has 0 amide bonds. The number of hydrogen-bond acceptors (Lipinski definition) is 7. The molecule has 7 nitrogen and oxygen atoms in total. The smallest absolute Gasteiger partial charge is 0.207 e. The number of rotatable bonds is 4. The zero-order valence-electron chi connectivity index (χ0n) is 25.1. The first-order chi connectivity index (χ1) is 23.3. The largest absolute Gasteiger partial charge is 0.218 e. The molecule has 7 aromatic rings. The van der Waals surface area contributed by atoms with Crippen molar-refractivity contribution in [2.45, 2.75) is 19.6 Å². The lowest BCUT2D eigenvalue weighted by Crippen LogP contribution is -2.02. The van der Waals surface area contributed by atoms with E-state index in [0.717, 1.165) is 16.7 Å². The van der Waals surface area contributed by atoms with Crippen molar-refractivity contribution >= 4 is 19.7 Å². The molecular formula is C39H23N3O4S2. The van der Waals surface area contributed by atoms with Gasteiger partial charge in [0.25, 0.3) is 0 Å². The first kappa shape index (κ1) is 28.5. The van der Waals surface area contributed by atoms with Crippen LogP contribution in [-0.2, 0) is 19.7 Å². The van der Waals surface area contributed by atoms with Crippen LogP contribution in [0, 0.1) is 0 Å². The second-order valence-electron chi connectivity index (χ2n) is 11.7. The predicted molar refractivity (Wildman–Crippen MR) is 183 cm³/mol. The summed E-state index contributed by atoms with van der Waals surface area (Å²) in [5, 5.41) is 0. The van der Waals surface area contributed by atoms with E-state index in [9.17, 15) is 16.8 Å². The van der Waals surface area contributed by atoms with E-state index in [4.69, 9.17) is 15.0 Å². The van der Waals surface area contributed by atoms with Gasteiger partial charge < -0.3 is 0 Å². The number of nitrogens with zero attached hydrogens (tertiary/aromatic N) is 3. The summed E-state index contributed by atoms with van der Waals surface area (Å²) in [5.41, 5.74) is 6.40. The molecule has 9 rings (SSSR count). The molecular weight excluding hydrogens is 639 g/mol. The Labute approximate surface area is 277 Å². The summed E-state index contributed by atoms with van der Waals surface area (Å²) in [6, 6.07) is 42.1. The summed E-state index contributed by atoms with van der Waals surface area (Å²) in [5.74, 6) is 0.901. The van der Waals surface area contributed by atoms with Gasteiger partial charge in [-0.2, -0.15) is 0 Å². The average Bonchev–Trinajstić information content (AvgIpc) is 3.51. The molecule has 0 fully saturated rings. The maximum atomic E-state index is 13.5. The Kier molecular flexibility index (Phi) is 6.14. The number of benzene rings is 6. The first-order valence-electron chi connectivity index (χ1n) is 15.2. The number of sulfone groups is 2. The lowest BCUT2D eigenvalue weighted by Gasteiger charge is -2.11. The molecule has 0 bridgehead atoms. The fourth-order valence-electron chi connectivity index (χ4n) is 6.50. The standard InChI is InChI=1S/C39H23N3O4S2/c43-47(44)33-12-6-4-10-29(33)31-20-18-27(22-35(31)47)38-40-37(26-16-14-25(15-17-26)24-8-2-1-3-9-24)41-39(42-38)28-19-21-32-30-11-5-7-13-34(30)48(45,46)36(32)23-28/h1-23H. The Morgan fingerprint density at radius 3 is 1.17 bits per heavy atom. The Balaban J connectivity index is 1.21. The summed E-state index contributed by atoms with van der Waals surface area (Å²) in [4.78, 5) is 15.4. The molecule has 0 spiro atoms. The van der Waals surface area contributed by atoms with Crippen molar-refractivity contribution in [2.24, 2.45) is 0 Å². The van der Waals surface area contributed by atoms with Crippen LogP contribution in [0.25, 0.3) is 67.5 Å². The van der Waals surface area contributed by atoms with Gasteiger partial charge in [-0.1, -0.05) is 115 Å². The van der Waals surface area contributed by atoms with Crippen molar-refractivity contribution in [3.8, 4) is 67.5 Å². The molecule has 0 saturated heterocycles. The molecule has 2 aliphatic heterocycles. The van der Waals surface area contributed by atoms with E-state index < -0.39 is 19.7 Å². The Bertz CT molecular complexity index is 2550. The van der Waals surface area contributed by atoms with Crippen molar-refractivity contribution in [3.05, 3.63) is 140 Å². The van der Waals surface area contributed by atoms with Crippen LogP contribution in [0.5, 0.6) is 0 Å². The van der Waals surface area contributed by atoms with E-state index in [-0.39, 0.29) is 31.2 Å². The van der Waals surface area contributed by atoms with Crippen LogP contribution in [0.15, 0.2) is 159 Å².